The second-order valence-corrected chi connectivity index (χ2v) is 4.55. The van der Waals surface area contributed by atoms with Gasteiger partial charge >= 0.3 is 5.97 Å². The molecule has 0 aromatic heterocycles. The molecule has 17 heavy (non-hydrogen) atoms. The minimum Gasteiger partial charge on any atom is -0.481 e. The normalized spacial score (nSPS) is 25.7. The summed E-state index contributed by atoms with van der Waals surface area (Å²) in [7, 11) is 0. The number of carboxylic acid groups (broad SMARTS) is 1. The summed E-state index contributed by atoms with van der Waals surface area (Å²) in [6, 6.07) is 9.73. The molecule has 2 rings (SSSR count). The van der Waals surface area contributed by atoms with Crippen molar-refractivity contribution in [2.24, 2.45) is 5.92 Å². The van der Waals surface area contributed by atoms with Gasteiger partial charge in [-0.1, -0.05) is 30.3 Å². The molecule has 4 heteroatoms. The molecule has 0 amide bonds. The number of piperidine rings is 1. The third-order valence-corrected chi connectivity index (χ3v) is 3.07. The van der Waals surface area contributed by atoms with Gasteiger partial charge in [0, 0.05) is 19.6 Å². The molecule has 1 aliphatic heterocycles. The SMILES string of the molecule is O=C(O)C1CC(F)CN(Cc2ccccc2)C1. The van der Waals surface area contributed by atoms with Crippen molar-refractivity contribution < 1.29 is 14.3 Å². The van der Waals surface area contributed by atoms with E-state index in [1.165, 1.54) is 0 Å². The van der Waals surface area contributed by atoms with Gasteiger partial charge in [-0.15, -0.1) is 0 Å². The van der Waals surface area contributed by atoms with Gasteiger partial charge in [0.2, 0.25) is 0 Å². The highest BCUT2D eigenvalue weighted by Crippen LogP contribution is 2.21. The Bertz CT molecular complexity index is 382. The molecule has 1 aliphatic rings. The van der Waals surface area contributed by atoms with Gasteiger partial charge in [-0.2, -0.15) is 0 Å². The molecule has 0 spiro atoms. The van der Waals surface area contributed by atoms with Gasteiger partial charge in [-0.3, -0.25) is 9.69 Å². The lowest BCUT2D eigenvalue weighted by Crippen LogP contribution is -2.43. The van der Waals surface area contributed by atoms with Crippen LogP contribution >= 0.6 is 0 Å². The number of halogens is 1. The Kier molecular flexibility index (Phi) is 3.74. The van der Waals surface area contributed by atoms with Crippen LogP contribution in [0.15, 0.2) is 30.3 Å². The molecule has 2 atom stereocenters. The van der Waals surface area contributed by atoms with Crippen LogP contribution in [-0.2, 0) is 11.3 Å². The van der Waals surface area contributed by atoms with Crippen molar-refractivity contribution >= 4 is 5.97 Å². The minimum atomic E-state index is -1.03. The van der Waals surface area contributed by atoms with Gasteiger partial charge in [0.05, 0.1) is 5.92 Å². The van der Waals surface area contributed by atoms with E-state index in [1.807, 2.05) is 35.2 Å². The Morgan fingerprint density at radius 1 is 1.35 bits per heavy atom. The molecule has 1 aromatic rings. The largest absolute Gasteiger partial charge is 0.481 e. The van der Waals surface area contributed by atoms with Gasteiger partial charge < -0.3 is 5.11 Å². The van der Waals surface area contributed by atoms with Crippen molar-refractivity contribution in [1.29, 1.82) is 0 Å². The first kappa shape index (κ1) is 12.0. The fourth-order valence-electron chi connectivity index (χ4n) is 2.27. The zero-order valence-corrected chi connectivity index (χ0v) is 9.55. The molecule has 1 fully saturated rings. The summed E-state index contributed by atoms with van der Waals surface area (Å²) in [4.78, 5) is 12.8. The Balaban J connectivity index is 1.99. The van der Waals surface area contributed by atoms with Crippen LogP contribution in [0.5, 0.6) is 0 Å². The van der Waals surface area contributed by atoms with Crippen LogP contribution in [0.1, 0.15) is 12.0 Å². The third kappa shape index (κ3) is 3.27. The van der Waals surface area contributed by atoms with Gasteiger partial charge in [-0.05, 0) is 12.0 Å². The molecular formula is C13H16FNO2. The topological polar surface area (TPSA) is 40.5 Å². The average molecular weight is 237 g/mol. The van der Waals surface area contributed by atoms with E-state index < -0.39 is 18.1 Å². The Morgan fingerprint density at radius 3 is 2.71 bits per heavy atom. The van der Waals surface area contributed by atoms with Crippen LogP contribution in [0.3, 0.4) is 0 Å². The quantitative estimate of drug-likeness (QED) is 0.873. The van der Waals surface area contributed by atoms with Crippen molar-refractivity contribution in [3.63, 3.8) is 0 Å². The predicted octanol–water partition coefficient (Wildman–Crippen LogP) is 1.93. The molecule has 2 unspecified atom stereocenters. The summed E-state index contributed by atoms with van der Waals surface area (Å²) in [6.45, 7) is 1.38. The number of hydrogen-bond donors (Lipinski definition) is 1. The number of carboxylic acids is 1. The van der Waals surface area contributed by atoms with Crippen molar-refractivity contribution in [2.45, 2.75) is 19.1 Å². The lowest BCUT2D eigenvalue weighted by atomic mass is 9.96. The first-order valence-corrected chi connectivity index (χ1v) is 5.78. The van der Waals surface area contributed by atoms with Crippen LogP contribution in [0, 0.1) is 5.92 Å². The lowest BCUT2D eigenvalue weighted by molar-refractivity contribution is -0.144. The van der Waals surface area contributed by atoms with E-state index in [9.17, 15) is 9.18 Å². The average Bonchev–Trinajstić information content (AvgIpc) is 2.29. The molecule has 1 aromatic carbocycles. The zero-order valence-electron chi connectivity index (χ0n) is 9.55. The van der Waals surface area contributed by atoms with Gasteiger partial charge in [0.15, 0.2) is 0 Å². The first-order valence-electron chi connectivity index (χ1n) is 5.78. The molecule has 0 saturated carbocycles. The van der Waals surface area contributed by atoms with E-state index in [2.05, 4.69) is 0 Å². The summed E-state index contributed by atoms with van der Waals surface area (Å²) in [5, 5.41) is 8.95. The molecule has 3 nitrogen and oxygen atoms in total. The molecule has 92 valence electrons. The van der Waals surface area contributed by atoms with Gasteiger partial charge in [-0.25, -0.2) is 4.39 Å². The van der Waals surface area contributed by atoms with Gasteiger partial charge in [0.1, 0.15) is 6.17 Å². The highest BCUT2D eigenvalue weighted by atomic mass is 19.1. The van der Waals surface area contributed by atoms with Crippen LogP contribution in [0.25, 0.3) is 0 Å². The second-order valence-electron chi connectivity index (χ2n) is 4.55. The van der Waals surface area contributed by atoms with Crippen molar-refractivity contribution in [2.75, 3.05) is 13.1 Å². The number of likely N-dealkylation sites (tertiary alicyclic amines) is 1. The summed E-state index contributed by atoms with van der Waals surface area (Å²) < 4.78 is 13.4. The fourth-order valence-corrected chi connectivity index (χ4v) is 2.27. The Morgan fingerprint density at radius 2 is 2.06 bits per heavy atom. The molecule has 1 heterocycles. The molecule has 1 N–H and O–H groups in total. The lowest BCUT2D eigenvalue weighted by Gasteiger charge is -2.32. The van der Waals surface area contributed by atoms with Gasteiger partial charge in [0.25, 0.3) is 0 Å². The smallest absolute Gasteiger partial charge is 0.307 e. The summed E-state index contributed by atoms with van der Waals surface area (Å²) in [6.07, 6.45) is -0.894. The molecule has 1 saturated heterocycles. The number of benzene rings is 1. The Hall–Kier alpha value is -1.42. The maximum atomic E-state index is 13.4. The highest BCUT2D eigenvalue weighted by molar-refractivity contribution is 5.70. The third-order valence-electron chi connectivity index (χ3n) is 3.07. The number of rotatable bonds is 3. The predicted molar refractivity (Wildman–Crippen MR) is 62.4 cm³/mol. The van der Waals surface area contributed by atoms with Crippen LogP contribution in [0.2, 0.25) is 0 Å². The number of alkyl halides is 1. The van der Waals surface area contributed by atoms with E-state index in [4.69, 9.17) is 5.11 Å². The van der Waals surface area contributed by atoms with Crippen LogP contribution in [-0.4, -0.2) is 35.2 Å². The standard InChI is InChI=1S/C13H16FNO2/c14-12-6-11(13(16)17)8-15(9-12)7-10-4-2-1-3-5-10/h1-5,11-12H,6-9H2,(H,16,17). The van der Waals surface area contributed by atoms with E-state index in [0.717, 1.165) is 5.56 Å². The number of hydrogen-bond acceptors (Lipinski definition) is 2. The second kappa shape index (κ2) is 5.27. The zero-order chi connectivity index (χ0) is 12.3. The summed E-state index contributed by atoms with van der Waals surface area (Å²) in [5.74, 6) is -1.48. The molecule has 0 aliphatic carbocycles. The highest BCUT2D eigenvalue weighted by Gasteiger charge is 2.31. The number of carbonyl (C=O) groups is 1. The van der Waals surface area contributed by atoms with E-state index >= 15 is 0 Å². The number of nitrogens with zero attached hydrogens (tertiary/aromatic N) is 1. The van der Waals surface area contributed by atoms with Crippen molar-refractivity contribution in [3.8, 4) is 0 Å². The van der Waals surface area contributed by atoms with Crippen molar-refractivity contribution in [3.05, 3.63) is 35.9 Å². The fraction of sp³-hybridized carbons (Fsp3) is 0.462. The van der Waals surface area contributed by atoms with Crippen LogP contribution < -0.4 is 0 Å². The monoisotopic (exact) mass is 237 g/mol. The molecule has 0 radical (unpaired) electrons. The number of aliphatic carboxylic acids is 1. The Labute approximate surface area is 99.9 Å². The molecule has 0 bridgehead atoms. The summed E-state index contributed by atoms with van der Waals surface area (Å²) in [5.41, 5.74) is 1.09. The van der Waals surface area contributed by atoms with Crippen molar-refractivity contribution in [1.82, 2.24) is 4.90 Å². The first-order chi connectivity index (χ1) is 8.15. The van der Waals surface area contributed by atoms with E-state index in [1.54, 1.807) is 0 Å². The maximum absolute atomic E-state index is 13.4. The van der Waals surface area contributed by atoms with E-state index in [-0.39, 0.29) is 6.42 Å². The molecular weight excluding hydrogens is 221 g/mol. The maximum Gasteiger partial charge on any atom is 0.307 e. The summed E-state index contributed by atoms with van der Waals surface area (Å²) >= 11 is 0. The van der Waals surface area contributed by atoms with E-state index in [0.29, 0.717) is 19.6 Å². The van der Waals surface area contributed by atoms with Crippen LogP contribution in [0.4, 0.5) is 4.39 Å². The minimum absolute atomic E-state index is 0.140.